The second kappa shape index (κ2) is 13.0. The fourth-order valence-corrected chi connectivity index (χ4v) is 3.32. The van der Waals surface area contributed by atoms with Gasteiger partial charge < -0.3 is 20.7 Å². The minimum absolute atomic E-state index is 0. The number of anilines is 2. The lowest BCUT2D eigenvalue weighted by atomic mass is 9.99. The Labute approximate surface area is 182 Å². The second-order valence-corrected chi connectivity index (χ2v) is 6.98. The number of carbonyl (C=O) groups excluding carboxylic acids is 2. The summed E-state index contributed by atoms with van der Waals surface area (Å²) in [4.78, 5) is 26.6. The maximum atomic E-state index is 14.1. The molecule has 1 aromatic rings. The van der Waals surface area contributed by atoms with Crippen LogP contribution >= 0.6 is 24.8 Å². The SMILES string of the molecule is Cl.Cl.O=C(CCN1CCOCC1)Nc1cc(NC(=O)C2CCCNC2)ccc1F. The van der Waals surface area contributed by atoms with E-state index in [0.29, 0.717) is 32.0 Å². The second-order valence-electron chi connectivity index (χ2n) is 6.98. The Morgan fingerprint density at radius 2 is 1.97 bits per heavy atom. The molecule has 0 saturated carbocycles. The van der Waals surface area contributed by atoms with Crippen LogP contribution in [-0.2, 0) is 14.3 Å². The summed E-state index contributed by atoms with van der Waals surface area (Å²) in [5, 5.41) is 8.62. The van der Waals surface area contributed by atoms with Crippen LogP contribution in [0.4, 0.5) is 15.8 Å². The van der Waals surface area contributed by atoms with Crippen LogP contribution in [0.15, 0.2) is 18.2 Å². The number of ether oxygens (including phenoxy) is 1. The van der Waals surface area contributed by atoms with Crippen LogP contribution in [0.3, 0.4) is 0 Å². The van der Waals surface area contributed by atoms with Gasteiger partial charge in [-0.2, -0.15) is 0 Å². The normalized spacial score (nSPS) is 19.4. The number of nitrogens with zero attached hydrogens (tertiary/aromatic N) is 1. The maximum absolute atomic E-state index is 14.1. The third kappa shape index (κ3) is 8.06. The molecule has 3 rings (SSSR count). The van der Waals surface area contributed by atoms with Gasteiger partial charge in [0.05, 0.1) is 24.8 Å². The monoisotopic (exact) mass is 450 g/mol. The molecule has 2 fully saturated rings. The van der Waals surface area contributed by atoms with Crippen LogP contribution in [0.1, 0.15) is 19.3 Å². The molecule has 29 heavy (non-hydrogen) atoms. The number of halogens is 3. The third-order valence-electron chi connectivity index (χ3n) is 4.93. The molecule has 164 valence electrons. The number of hydrogen-bond acceptors (Lipinski definition) is 5. The van der Waals surface area contributed by atoms with Crippen molar-refractivity contribution in [3.8, 4) is 0 Å². The first kappa shape index (κ1) is 25.6. The lowest BCUT2D eigenvalue weighted by Crippen LogP contribution is -2.38. The van der Waals surface area contributed by atoms with E-state index in [4.69, 9.17) is 4.74 Å². The number of benzene rings is 1. The summed E-state index contributed by atoms with van der Waals surface area (Å²) in [6.07, 6.45) is 2.08. The van der Waals surface area contributed by atoms with Crippen molar-refractivity contribution in [2.45, 2.75) is 19.3 Å². The van der Waals surface area contributed by atoms with E-state index in [9.17, 15) is 14.0 Å². The predicted molar refractivity (Wildman–Crippen MR) is 116 cm³/mol. The van der Waals surface area contributed by atoms with E-state index in [1.165, 1.54) is 18.2 Å². The Bertz CT molecular complexity index is 669. The molecule has 1 unspecified atom stereocenters. The van der Waals surface area contributed by atoms with E-state index >= 15 is 0 Å². The minimum Gasteiger partial charge on any atom is -0.379 e. The van der Waals surface area contributed by atoms with Gasteiger partial charge in [0.25, 0.3) is 0 Å². The van der Waals surface area contributed by atoms with Crippen molar-refractivity contribution in [2.75, 3.05) is 56.6 Å². The summed E-state index contributed by atoms with van der Waals surface area (Å²) in [5.41, 5.74) is 0.567. The molecule has 0 spiro atoms. The molecule has 2 aliphatic rings. The summed E-state index contributed by atoms with van der Waals surface area (Å²) < 4.78 is 19.3. The van der Waals surface area contributed by atoms with E-state index < -0.39 is 5.82 Å². The number of rotatable bonds is 6. The Morgan fingerprint density at radius 3 is 2.66 bits per heavy atom. The van der Waals surface area contributed by atoms with Crippen molar-refractivity contribution in [1.82, 2.24) is 10.2 Å². The fourth-order valence-electron chi connectivity index (χ4n) is 3.32. The zero-order valence-electron chi connectivity index (χ0n) is 16.2. The van der Waals surface area contributed by atoms with Crippen molar-refractivity contribution >= 4 is 48.0 Å². The highest BCUT2D eigenvalue weighted by atomic mass is 35.5. The molecule has 1 aromatic carbocycles. The van der Waals surface area contributed by atoms with Gasteiger partial charge in [-0.1, -0.05) is 0 Å². The third-order valence-corrected chi connectivity index (χ3v) is 4.93. The average molecular weight is 451 g/mol. The molecule has 0 bridgehead atoms. The molecule has 10 heteroatoms. The molecule has 2 heterocycles. The highest BCUT2D eigenvalue weighted by molar-refractivity contribution is 5.95. The standard InChI is InChI=1S/C19H27FN4O3.2ClH/c20-16-4-3-15(22-19(26)14-2-1-6-21-13-14)12-17(16)23-18(25)5-7-24-8-10-27-11-9-24;;/h3-4,12,14,21H,1-2,5-11,13H2,(H,22,26)(H,23,25);2*1H. The van der Waals surface area contributed by atoms with Gasteiger partial charge in [-0.15, -0.1) is 24.8 Å². The van der Waals surface area contributed by atoms with Gasteiger partial charge >= 0.3 is 0 Å². The fraction of sp³-hybridized carbons (Fsp3) is 0.579. The predicted octanol–water partition coefficient (Wildman–Crippen LogP) is 2.27. The Morgan fingerprint density at radius 1 is 1.21 bits per heavy atom. The van der Waals surface area contributed by atoms with Crippen LogP contribution in [0.2, 0.25) is 0 Å². The first-order valence-corrected chi connectivity index (χ1v) is 9.53. The topological polar surface area (TPSA) is 82.7 Å². The van der Waals surface area contributed by atoms with Crippen LogP contribution in [0.25, 0.3) is 0 Å². The first-order valence-electron chi connectivity index (χ1n) is 9.53. The number of morpholine rings is 1. The van der Waals surface area contributed by atoms with E-state index in [1.54, 1.807) is 0 Å². The quantitative estimate of drug-likeness (QED) is 0.618. The highest BCUT2D eigenvalue weighted by Crippen LogP contribution is 2.21. The molecule has 0 aliphatic carbocycles. The molecule has 7 nitrogen and oxygen atoms in total. The van der Waals surface area contributed by atoms with Crippen molar-refractivity contribution < 1.29 is 18.7 Å². The van der Waals surface area contributed by atoms with Crippen LogP contribution in [0, 0.1) is 11.7 Å². The highest BCUT2D eigenvalue weighted by Gasteiger charge is 2.21. The number of hydrogen-bond donors (Lipinski definition) is 3. The van der Waals surface area contributed by atoms with Gasteiger partial charge in [-0.3, -0.25) is 14.5 Å². The Balaban J connectivity index is 0.00000210. The lowest BCUT2D eigenvalue weighted by molar-refractivity contribution is -0.120. The van der Waals surface area contributed by atoms with E-state index in [1.807, 2.05) is 0 Å². The van der Waals surface area contributed by atoms with Crippen LogP contribution in [-0.4, -0.2) is 62.7 Å². The van der Waals surface area contributed by atoms with Crippen LogP contribution in [0.5, 0.6) is 0 Å². The number of nitrogens with one attached hydrogen (secondary N) is 3. The van der Waals surface area contributed by atoms with Gasteiger partial charge in [0.15, 0.2) is 0 Å². The van der Waals surface area contributed by atoms with Gasteiger partial charge in [0.2, 0.25) is 11.8 Å². The molecule has 0 aromatic heterocycles. The average Bonchev–Trinajstić information content (AvgIpc) is 2.70. The zero-order valence-corrected chi connectivity index (χ0v) is 17.9. The molecule has 3 N–H and O–H groups in total. The van der Waals surface area contributed by atoms with Crippen molar-refractivity contribution in [1.29, 1.82) is 0 Å². The van der Waals surface area contributed by atoms with Crippen molar-refractivity contribution in [2.24, 2.45) is 5.92 Å². The van der Waals surface area contributed by atoms with Crippen molar-refractivity contribution in [3.63, 3.8) is 0 Å². The Kier molecular flexibility index (Phi) is 11.4. The Hall–Kier alpha value is -1.45. The maximum Gasteiger partial charge on any atom is 0.228 e. The summed E-state index contributed by atoms with van der Waals surface area (Å²) in [6, 6.07) is 4.23. The molecule has 2 amide bonds. The molecule has 2 aliphatic heterocycles. The summed E-state index contributed by atoms with van der Waals surface area (Å²) in [7, 11) is 0. The largest absolute Gasteiger partial charge is 0.379 e. The van der Waals surface area contributed by atoms with Gasteiger partial charge in [-0.25, -0.2) is 4.39 Å². The smallest absolute Gasteiger partial charge is 0.228 e. The number of amides is 2. The van der Waals surface area contributed by atoms with Gasteiger partial charge in [0, 0.05) is 38.3 Å². The molecular formula is C19H29Cl2FN4O3. The van der Waals surface area contributed by atoms with E-state index in [0.717, 1.165) is 32.5 Å². The van der Waals surface area contributed by atoms with Crippen LogP contribution < -0.4 is 16.0 Å². The minimum atomic E-state index is -0.521. The first-order chi connectivity index (χ1) is 13.1. The zero-order chi connectivity index (χ0) is 19.1. The lowest BCUT2D eigenvalue weighted by Gasteiger charge is -2.26. The van der Waals surface area contributed by atoms with Gasteiger partial charge in [-0.05, 0) is 37.6 Å². The van der Waals surface area contributed by atoms with E-state index in [-0.39, 0.29) is 54.7 Å². The summed E-state index contributed by atoms with van der Waals surface area (Å²) in [6.45, 7) is 5.16. The summed E-state index contributed by atoms with van der Waals surface area (Å²) in [5.74, 6) is -0.943. The molecule has 2 saturated heterocycles. The molecular weight excluding hydrogens is 422 g/mol. The van der Waals surface area contributed by atoms with Crippen molar-refractivity contribution in [3.05, 3.63) is 24.0 Å². The number of piperidine rings is 1. The van der Waals surface area contributed by atoms with E-state index in [2.05, 4.69) is 20.9 Å². The summed E-state index contributed by atoms with van der Waals surface area (Å²) >= 11 is 0. The number of carbonyl (C=O) groups is 2. The van der Waals surface area contributed by atoms with Gasteiger partial charge in [0.1, 0.15) is 5.82 Å². The molecule has 0 radical (unpaired) electrons. The molecule has 1 atom stereocenters.